The number of fused-ring (bicyclic) bond motifs is 14. The number of carbonyl (C=O) groups excluding carboxylic acids is 1. The van der Waals surface area contributed by atoms with Crippen LogP contribution in [0.5, 0.6) is 0 Å². The molecule has 2 aliphatic carbocycles. The molecule has 11 nitrogen and oxygen atoms in total. The lowest BCUT2D eigenvalue weighted by molar-refractivity contribution is -0.0644. The number of esters is 1. The second-order valence-electron chi connectivity index (χ2n) is 24.5. The Balaban J connectivity index is 0.000000173. The van der Waals surface area contributed by atoms with Gasteiger partial charge in [-0.3, -0.25) is 9.80 Å². The molecule has 11 heteroatoms. The molecular weight excluding hydrogens is 1090 g/mol. The van der Waals surface area contributed by atoms with Crippen LogP contribution in [0.2, 0.25) is 0 Å². The van der Waals surface area contributed by atoms with Crippen molar-refractivity contribution in [3.05, 3.63) is 276 Å². The molecule has 2 aromatic heterocycles. The maximum Gasteiger partial charge on any atom is 0.338 e. The number of nitrogens with zero attached hydrogens (tertiary/aromatic N) is 3. The van der Waals surface area contributed by atoms with Crippen LogP contribution in [-0.2, 0) is 72.7 Å². The van der Waals surface area contributed by atoms with Gasteiger partial charge in [0.2, 0.25) is 0 Å². The topological polar surface area (TPSA) is 99.7 Å². The third-order valence-corrected chi connectivity index (χ3v) is 19.3. The Kier molecular flexibility index (Phi) is 19.4. The van der Waals surface area contributed by atoms with Gasteiger partial charge < -0.3 is 38.0 Å². The highest BCUT2D eigenvalue weighted by atomic mass is 16.5. The highest BCUT2D eigenvalue weighted by molar-refractivity contribution is 5.90. The molecule has 0 amide bonds. The fourth-order valence-corrected chi connectivity index (χ4v) is 15.3. The smallest absolute Gasteiger partial charge is 0.338 e. The maximum atomic E-state index is 13.7. The van der Waals surface area contributed by atoms with Gasteiger partial charge in [0, 0.05) is 90.8 Å². The SMILES string of the molecule is C=CCN1CC[C@@H]2C(OC(=O)c3ccccc3)CC1c1c([nH]c3ccccc13)C2(COCc1ccccc1)COCc1ccccc1.C=CCN1CC[C@@H]2C(OC)CC1c1c(n(C)c3ccccc13)C2(COCc1ccccc1)COCc1ccccc1. The number of H-pyrrole nitrogens is 1. The largest absolute Gasteiger partial charge is 0.458 e. The molecule has 2 aliphatic heterocycles. The first kappa shape index (κ1) is 60.6. The van der Waals surface area contributed by atoms with Gasteiger partial charge >= 0.3 is 5.97 Å². The number of methoxy groups -OCH3 is 1. The molecule has 0 saturated carbocycles. The van der Waals surface area contributed by atoms with Crippen molar-refractivity contribution < 1.29 is 33.2 Å². The number of para-hydroxylation sites is 2. The summed E-state index contributed by atoms with van der Waals surface area (Å²) in [5.41, 5.74) is 11.6. The molecule has 6 atom stereocenters. The summed E-state index contributed by atoms with van der Waals surface area (Å²) in [5.74, 6) is -0.148. The van der Waals surface area contributed by atoms with Crippen LogP contribution in [0.4, 0.5) is 0 Å². The lowest BCUT2D eigenvalue weighted by Crippen LogP contribution is -2.50. The molecule has 1 N–H and O–H groups in total. The predicted octanol–water partition coefficient (Wildman–Crippen LogP) is 14.8. The summed E-state index contributed by atoms with van der Waals surface area (Å²) in [6.07, 6.45) is 7.18. The highest BCUT2D eigenvalue weighted by Gasteiger charge is 2.56. The molecule has 2 fully saturated rings. The Morgan fingerprint density at radius 1 is 0.523 bits per heavy atom. The van der Waals surface area contributed by atoms with Crippen molar-refractivity contribution in [2.45, 2.75) is 87.2 Å². The van der Waals surface area contributed by atoms with Gasteiger partial charge in [0.25, 0.3) is 0 Å². The molecule has 9 aromatic rings. The van der Waals surface area contributed by atoms with E-state index in [2.05, 4.69) is 173 Å². The van der Waals surface area contributed by atoms with Gasteiger partial charge in [-0.1, -0.05) is 188 Å². The lowest BCUT2D eigenvalue weighted by Gasteiger charge is -2.44. The minimum atomic E-state index is -0.617. The molecule has 88 heavy (non-hydrogen) atoms. The molecule has 4 unspecified atom stereocenters. The first-order valence-corrected chi connectivity index (χ1v) is 31.5. The number of hydrogen-bond donors (Lipinski definition) is 1. The number of aromatic nitrogens is 2. The number of rotatable bonds is 23. The van der Waals surface area contributed by atoms with Gasteiger partial charge in [-0.05, 0) is 90.0 Å². The summed E-state index contributed by atoms with van der Waals surface area (Å²) in [5, 5.41) is 2.50. The fraction of sp³-hybridized carbons (Fsp3) is 0.338. The van der Waals surface area contributed by atoms with Gasteiger partial charge in [-0.25, -0.2) is 4.79 Å². The van der Waals surface area contributed by atoms with Crippen molar-refractivity contribution >= 4 is 27.8 Å². The van der Waals surface area contributed by atoms with E-state index in [1.165, 1.54) is 44.2 Å². The van der Waals surface area contributed by atoms with Crippen molar-refractivity contribution in [2.75, 3.05) is 59.7 Å². The molecular formula is C77H84N4O7. The van der Waals surface area contributed by atoms with E-state index < -0.39 is 5.41 Å². The standard InChI is InChI=1S/C41H42N2O4.C36H42N2O3/c1-2-23-43-24-22-34-37(47-40(44)32-18-10-5-11-19-32)25-36(43)38-33-20-12-13-21-35(33)42-39(38)41(34,28-45-26-30-14-6-3-7-15-30)29-46-27-31-16-8-4-9-17-31;1-4-20-38-21-19-30-33(39-3)22-32(38)34-29-17-11-12-18-31(29)37(2)35(34)36(30,25-40-23-27-13-7-5-8-14-27)26-41-24-28-15-9-6-10-16-28/h2-21,34,36-37,42H,1,22-29H2;4-18,30,32-33H,1,19-26H2,2-3H3/t34-,36?,37?;30-,32?,33?/m11/s1. The Hall–Kier alpha value is -7.71. The summed E-state index contributed by atoms with van der Waals surface area (Å²) in [4.78, 5) is 22.7. The fourth-order valence-electron chi connectivity index (χ4n) is 15.3. The zero-order valence-corrected chi connectivity index (χ0v) is 51.1. The van der Waals surface area contributed by atoms with Crippen molar-refractivity contribution in [3.63, 3.8) is 0 Å². The summed E-state index contributed by atoms with van der Waals surface area (Å²) in [6, 6.07) is 68.5. The molecule has 7 aromatic carbocycles. The molecule has 4 heterocycles. The van der Waals surface area contributed by atoms with Crippen molar-refractivity contribution in [2.24, 2.45) is 18.9 Å². The Labute approximate surface area is 519 Å². The van der Waals surface area contributed by atoms with Crippen LogP contribution in [0.15, 0.2) is 226 Å². The van der Waals surface area contributed by atoms with Crippen LogP contribution in [0, 0.1) is 11.8 Å². The van der Waals surface area contributed by atoms with E-state index in [1.807, 2.05) is 86.0 Å². The van der Waals surface area contributed by atoms with Crippen LogP contribution in [0.1, 0.15) is 92.9 Å². The van der Waals surface area contributed by atoms with Crippen LogP contribution in [0.3, 0.4) is 0 Å². The molecule has 0 radical (unpaired) electrons. The highest BCUT2D eigenvalue weighted by Crippen LogP contribution is 2.55. The normalized spacial score (nSPS) is 21.0. The third-order valence-electron chi connectivity index (χ3n) is 19.3. The van der Waals surface area contributed by atoms with Crippen LogP contribution in [0.25, 0.3) is 21.8 Å². The zero-order valence-electron chi connectivity index (χ0n) is 51.1. The number of likely N-dealkylation sites (tertiary alicyclic amines) is 2. The van der Waals surface area contributed by atoms with Gasteiger partial charge in [-0.2, -0.15) is 0 Å². The number of aryl methyl sites for hydroxylation is 1. The first-order valence-electron chi connectivity index (χ1n) is 31.5. The van der Waals surface area contributed by atoms with Gasteiger partial charge in [0.15, 0.2) is 0 Å². The first-order chi connectivity index (χ1) is 43.3. The molecule has 454 valence electrons. The minimum absolute atomic E-state index is 0.0165. The number of ether oxygens (including phenoxy) is 6. The summed E-state index contributed by atoms with van der Waals surface area (Å²) in [7, 11) is 4.11. The Morgan fingerprint density at radius 2 is 0.943 bits per heavy atom. The van der Waals surface area contributed by atoms with Gasteiger partial charge in [0.05, 0.1) is 75.4 Å². The van der Waals surface area contributed by atoms with E-state index in [4.69, 9.17) is 28.4 Å². The van der Waals surface area contributed by atoms with Gasteiger partial charge in [0.1, 0.15) is 6.10 Å². The van der Waals surface area contributed by atoms with E-state index in [1.54, 1.807) is 0 Å². The number of benzene rings is 7. The van der Waals surface area contributed by atoms with E-state index >= 15 is 0 Å². The van der Waals surface area contributed by atoms with E-state index in [0.29, 0.717) is 64.8 Å². The number of hydrogen-bond acceptors (Lipinski definition) is 9. The Morgan fingerprint density at radius 3 is 1.44 bits per heavy atom. The second kappa shape index (κ2) is 28.2. The Bertz CT molecular complexity index is 3630. The quantitative estimate of drug-likeness (QED) is 0.0496. The van der Waals surface area contributed by atoms with E-state index in [-0.39, 0.29) is 47.5 Å². The van der Waals surface area contributed by atoms with E-state index in [0.717, 1.165) is 67.8 Å². The van der Waals surface area contributed by atoms with Crippen LogP contribution >= 0.6 is 0 Å². The zero-order chi connectivity index (χ0) is 60.3. The van der Waals surface area contributed by atoms with Gasteiger partial charge in [-0.15, -0.1) is 13.2 Å². The maximum absolute atomic E-state index is 13.7. The van der Waals surface area contributed by atoms with Crippen molar-refractivity contribution in [3.8, 4) is 0 Å². The third kappa shape index (κ3) is 12.6. The van der Waals surface area contributed by atoms with Crippen LogP contribution < -0.4 is 0 Å². The minimum Gasteiger partial charge on any atom is -0.458 e. The van der Waals surface area contributed by atoms with Crippen molar-refractivity contribution in [1.29, 1.82) is 0 Å². The van der Waals surface area contributed by atoms with Crippen LogP contribution in [-0.4, -0.2) is 97.2 Å². The summed E-state index contributed by atoms with van der Waals surface area (Å²) in [6.45, 7) is 15.7. The number of aromatic amines is 1. The molecule has 2 saturated heterocycles. The average molecular weight is 1180 g/mol. The average Bonchev–Trinajstić information content (AvgIpc) is 1.59. The monoisotopic (exact) mass is 1180 g/mol. The predicted molar refractivity (Wildman–Crippen MR) is 350 cm³/mol. The summed E-state index contributed by atoms with van der Waals surface area (Å²) >= 11 is 0. The molecule has 13 rings (SSSR count). The number of carbonyl (C=O) groups is 1. The molecule has 4 aliphatic rings. The summed E-state index contributed by atoms with van der Waals surface area (Å²) < 4.78 is 42.2. The number of nitrogens with one attached hydrogen (secondary N) is 1. The van der Waals surface area contributed by atoms with E-state index in [9.17, 15) is 4.79 Å². The molecule has 0 spiro atoms. The van der Waals surface area contributed by atoms with Crippen molar-refractivity contribution in [1.82, 2.24) is 19.4 Å². The lowest BCUT2D eigenvalue weighted by atomic mass is 9.69. The second-order valence-corrected chi connectivity index (χ2v) is 24.5. The molecule has 4 bridgehead atoms.